The van der Waals surface area contributed by atoms with Crippen molar-refractivity contribution in [2.45, 2.75) is 24.2 Å². The van der Waals surface area contributed by atoms with Crippen LogP contribution in [0.3, 0.4) is 0 Å². The Balaban J connectivity index is 2.28. The third kappa shape index (κ3) is 2.93. The molecule has 2 rings (SSSR count). The zero-order chi connectivity index (χ0) is 14.1. The zero-order valence-electron chi connectivity index (χ0n) is 10.2. The first-order valence-corrected chi connectivity index (χ1v) is 7.47. The predicted octanol–water partition coefficient (Wildman–Crippen LogP) is 1.85. The number of carboxylic acid groups (broad SMARTS) is 1. The monoisotopic (exact) mass is 279 g/mol. The lowest BCUT2D eigenvalue weighted by molar-refractivity contribution is 0.0696. The molecular weight excluding hydrogens is 266 g/mol. The maximum atomic E-state index is 12.2. The van der Waals surface area contributed by atoms with E-state index in [9.17, 15) is 13.2 Å². The van der Waals surface area contributed by atoms with Crippen LogP contribution < -0.4 is 0 Å². The van der Waals surface area contributed by atoms with Crippen LogP contribution in [0, 0.1) is 16.7 Å². The number of sulfone groups is 1. The summed E-state index contributed by atoms with van der Waals surface area (Å²) < 4.78 is 24.5. The van der Waals surface area contributed by atoms with Gasteiger partial charge in [-0.2, -0.15) is 5.26 Å². The minimum absolute atomic E-state index is 0.0108. The van der Waals surface area contributed by atoms with Crippen molar-refractivity contribution in [1.82, 2.24) is 0 Å². The van der Waals surface area contributed by atoms with E-state index < -0.39 is 21.2 Å². The van der Waals surface area contributed by atoms with Crippen molar-refractivity contribution < 1.29 is 18.3 Å². The lowest BCUT2D eigenvalue weighted by atomic mass is 10.1. The van der Waals surface area contributed by atoms with Crippen LogP contribution in [-0.2, 0) is 9.84 Å². The minimum atomic E-state index is -3.55. The maximum Gasteiger partial charge on any atom is 0.335 e. The van der Waals surface area contributed by atoms with E-state index in [2.05, 4.69) is 0 Å². The third-order valence-corrected chi connectivity index (χ3v) is 5.31. The first kappa shape index (κ1) is 13.6. The van der Waals surface area contributed by atoms with E-state index in [1.807, 2.05) is 6.07 Å². The summed E-state index contributed by atoms with van der Waals surface area (Å²) in [6, 6.07) is 7.34. The summed E-state index contributed by atoms with van der Waals surface area (Å²) in [5.74, 6) is -1.24. The first-order chi connectivity index (χ1) is 8.88. The lowest BCUT2D eigenvalue weighted by Gasteiger charge is -2.11. The molecule has 1 aliphatic rings. The van der Waals surface area contributed by atoms with Crippen LogP contribution in [0.15, 0.2) is 29.2 Å². The molecule has 0 unspecified atom stereocenters. The highest BCUT2D eigenvalue weighted by Gasteiger charge is 2.46. The molecule has 1 fully saturated rings. The Morgan fingerprint density at radius 2 is 2.11 bits per heavy atom. The number of aromatic carboxylic acids is 1. The van der Waals surface area contributed by atoms with Crippen LogP contribution in [0.5, 0.6) is 0 Å². The van der Waals surface area contributed by atoms with Gasteiger partial charge >= 0.3 is 5.97 Å². The fourth-order valence-electron chi connectivity index (χ4n) is 2.03. The molecule has 0 saturated heterocycles. The van der Waals surface area contributed by atoms with E-state index in [1.165, 1.54) is 24.3 Å². The average molecular weight is 279 g/mol. The van der Waals surface area contributed by atoms with E-state index in [4.69, 9.17) is 10.4 Å². The summed E-state index contributed by atoms with van der Waals surface area (Å²) in [5.41, 5.74) is -0.474. The molecule has 5 nitrogen and oxygen atoms in total. The van der Waals surface area contributed by atoms with Gasteiger partial charge in [0.25, 0.3) is 0 Å². The number of nitriles is 1. The van der Waals surface area contributed by atoms with Gasteiger partial charge in [0, 0.05) is 6.42 Å². The number of rotatable bonds is 5. The topological polar surface area (TPSA) is 95.2 Å². The number of hydrogen-bond acceptors (Lipinski definition) is 4. The van der Waals surface area contributed by atoms with Crippen molar-refractivity contribution in [3.63, 3.8) is 0 Å². The quantitative estimate of drug-likeness (QED) is 0.887. The second kappa shape index (κ2) is 4.67. The molecule has 0 spiro atoms. The van der Waals surface area contributed by atoms with Gasteiger partial charge in [0.1, 0.15) is 0 Å². The van der Waals surface area contributed by atoms with Gasteiger partial charge in [-0.05, 0) is 36.5 Å². The molecule has 1 aliphatic carbocycles. The number of carboxylic acids is 1. The lowest BCUT2D eigenvalue weighted by Crippen LogP contribution is -2.17. The molecule has 0 aromatic heterocycles. The van der Waals surface area contributed by atoms with Crippen LogP contribution in [-0.4, -0.2) is 25.2 Å². The summed E-state index contributed by atoms with van der Waals surface area (Å²) in [5, 5.41) is 17.6. The highest BCUT2D eigenvalue weighted by Crippen LogP contribution is 2.50. The van der Waals surface area contributed by atoms with Crippen molar-refractivity contribution in [3.8, 4) is 6.07 Å². The van der Waals surface area contributed by atoms with Crippen LogP contribution in [0.4, 0.5) is 0 Å². The Morgan fingerprint density at radius 3 is 2.63 bits per heavy atom. The number of hydrogen-bond donors (Lipinski definition) is 1. The normalized spacial score (nSPS) is 16.6. The molecule has 1 aromatic carbocycles. The van der Waals surface area contributed by atoms with Gasteiger partial charge in [0.15, 0.2) is 9.84 Å². The summed E-state index contributed by atoms with van der Waals surface area (Å²) in [6.07, 6.45) is 1.70. The van der Waals surface area contributed by atoms with Crippen LogP contribution in [0.2, 0.25) is 0 Å². The van der Waals surface area contributed by atoms with Crippen molar-refractivity contribution in [3.05, 3.63) is 29.8 Å². The Hall–Kier alpha value is -1.87. The fourth-order valence-corrected chi connectivity index (χ4v) is 3.98. The van der Waals surface area contributed by atoms with E-state index in [1.54, 1.807) is 0 Å². The highest BCUT2D eigenvalue weighted by atomic mass is 32.2. The van der Waals surface area contributed by atoms with E-state index in [0.29, 0.717) is 0 Å². The van der Waals surface area contributed by atoms with E-state index in [-0.39, 0.29) is 22.6 Å². The van der Waals surface area contributed by atoms with Crippen molar-refractivity contribution in [2.75, 3.05) is 5.75 Å². The van der Waals surface area contributed by atoms with E-state index in [0.717, 1.165) is 12.8 Å². The van der Waals surface area contributed by atoms with Gasteiger partial charge in [0.05, 0.1) is 22.3 Å². The Kier molecular flexibility index (Phi) is 3.33. The van der Waals surface area contributed by atoms with Crippen molar-refractivity contribution in [2.24, 2.45) is 5.41 Å². The standard InChI is InChI=1S/C13H13NO4S/c14-7-6-13(4-5-13)9-19(17,18)11-3-1-2-10(8-11)12(15)16/h1-3,8H,4-6,9H2,(H,15,16). The third-order valence-electron chi connectivity index (χ3n) is 3.35. The summed E-state index contributed by atoms with van der Waals surface area (Å²) in [4.78, 5) is 10.9. The predicted molar refractivity (Wildman–Crippen MR) is 67.4 cm³/mol. The summed E-state index contributed by atoms with van der Waals surface area (Å²) >= 11 is 0. The molecule has 0 heterocycles. The first-order valence-electron chi connectivity index (χ1n) is 5.82. The molecule has 100 valence electrons. The van der Waals surface area contributed by atoms with Crippen LogP contribution in [0.25, 0.3) is 0 Å². The highest BCUT2D eigenvalue weighted by molar-refractivity contribution is 7.91. The molecule has 0 amide bonds. The SMILES string of the molecule is N#CCC1(CS(=O)(=O)c2cccc(C(=O)O)c2)CC1. The second-order valence-corrected chi connectivity index (χ2v) is 6.92. The smallest absolute Gasteiger partial charge is 0.335 e. The van der Waals surface area contributed by atoms with Crippen molar-refractivity contribution in [1.29, 1.82) is 5.26 Å². The van der Waals surface area contributed by atoms with Gasteiger partial charge in [-0.15, -0.1) is 0 Å². The molecule has 1 saturated carbocycles. The maximum absolute atomic E-state index is 12.2. The molecule has 19 heavy (non-hydrogen) atoms. The number of benzene rings is 1. The average Bonchev–Trinajstić information content (AvgIpc) is 3.08. The van der Waals surface area contributed by atoms with E-state index >= 15 is 0 Å². The van der Waals surface area contributed by atoms with Crippen LogP contribution in [0.1, 0.15) is 29.6 Å². The van der Waals surface area contributed by atoms with Gasteiger partial charge in [-0.1, -0.05) is 6.07 Å². The molecule has 0 bridgehead atoms. The van der Waals surface area contributed by atoms with Gasteiger partial charge < -0.3 is 5.11 Å². The zero-order valence-corrected chi connectivity index (χ0v) is 11.0. The van der Waals surface area contributed by atoms with Gasteiger partial charge in [-0.25, -0.2) is 13.2 Å². The molecule has 1 aromatic rings. The van der Waals surface area contributed by atoms with Crippen molar-refractivity contribution >= 4 is 15.8 Å². The second-order valence-electron chi connectivity index (χ2n) is 4.93. The molecule has 0 aliphatic heterocycles. The summed E-state index contributed by atoms with van der Waals surface area (Å²) in [7, 11) is -3.55. The van der Waals surface area contributed by atoms with Crippen LogP contribution >= 0.6 is 0 Å². The van der Waals surface area contributed by atoms with Gasteiger partial charge in [-0.3, -0.25) is 0 Å². The van der Waals surface area contributed by atoms with Gasteiger partial charge in [0.2, 0.25) is 0 Å². The molecule has 1 N–H and O–H groups in total. The minimum Gasteiger partial charge on any atom is -0.478 e. The molecule has 0 atom stereocenters. The molecule has 0 radical (unpaired) electrons. The summed E-state index contributed by atoms with van der Waals surface area (Å²) in [6.45, 7) is 0. The number of nitrogens with zero attached hydrogens (tertiary/aromatic N) is 1. The largest absolute Gasteiger partial charge is 0.478 e. The fraction of sp³-hybridized carbons (Fsp3) is 0.385. The number of carbonyl (C=O) groups is 1. The molecule has 6 heteroatoms. The Bertz CT molecular complexity index is 653. The Morgan fingerprint density at radius 1 is 1.42 bits per heavy atom. The molecular formula is C13H13NO4S. The Labute approximate surface area is 111 Å².